The van der Waals surface area contributed by atoms with Crippen molar-refractivity contribution < 1.29 is 5.11 Å². The van der Waals surface area contributed by atoms with Gasteiger partial charge >= 0.3 is 0 Å². The summed E-state index contributed by atoms with van der Waals surface area (Å²) >= 11 is 3.64. The molecule has 2 rings (SSSR count). The molecule has 0 bridgehead atoms. The molecule has 0 amide bonds. The maximum Gasteiger partial charge on any atom is 0.186 e. The van der Waals surface area contributed by atoms with Gasteiger partial charge in [-0.2, -0.15) is 11.8 Å². The third kappa shape index (κ3) is 2.36. The first-order valence-corrected chi connectivity index (χ1v) is 7.56. The summed E-state index contributed by atoms with van der Waals surface area (Å²) in [6.45, 7) is 7.09. The molecule has 2 unspecified atom stereocenters. The number of rotatable bonds is 2. The van der Waals surface area contributed by atoms with Gasteiger partial charge in [0.05, 0.1) is 16.7 Å². The summed E-state index contributed by atoms with van der Waals surface area (Å²) in [5.74, 6) is 2.34. The monoisotopic (exact) mass is 258 g/mol. The second kappa shape index (κ2) is 4.94. The van der Waals surface area contributed by atoms with Crippen molar-refractivity contribution in [2.24, 2.45) is 0 Å². The number of thiazole rings is 1. The molecule has 16 heavy (non-hydrogen) atoms. The van der Waals surface area contributed by atoms with E-state index in [9.17, 15) is 5.11 Å². The summed E-state index contributed by atoms with van der Waals surface area (Å²) in [5, 5.41) is 10.7. The van der Waals surface area contributed by atoms with Crippen molar-refractivity contribution in [2.45, 2.75) is 32.9 Å². The highest BCUT2D eigenvalue weighted by Gasteiger charge is 2.23. The smallest absolute Gasteiger partial charge is 0.186 e. The Morgan fingerprint density at radius 1 is 1.56 bits per heavy atom. The first kappa shape index (κ1) is 12.2. The number of nitrogens with zero attached hydrogens (tertiary/aromatic N) is 2. The van der Waals surface area contributed by atoms with Crippen molar-refractivity contribution in [2.75, 3.05) is 23.0 Å². The van der Waals surface area contributed by atoms with Crippen molar-refractivity contribution in [3.8, 4) is 0 Å². The van der Waals surface area contributed by atoms with Gasteiger partial charge in [-0.1, -0.05) is 11.3 Å². The molecule has 1 aromatic heterocycles. The fourth-order valence-corrected chi connectivity index (χ4v) is 4.06. The third-order valence-corrected chi connectivity index (χ3v) is 5.37. The molecule has 90 valence electrons. The topological polar surface area (TPSA) is 36.4 Å². The summed E-state index contributed by atoms with van der Waals surface area (Å²) in [5.41, 5.74) is 0.973. The van der Waals surface area contributed by atoms with Crippen LogP contribution in [0.1, 0.15) is 30.5 Å². The molecule has 0 radical (unpaired) electrons. The van der Waals surface area contributed by atoms with Crippen molar-refractivity contribution in [1.29, 1.82) is 0 Å². The summed E-state index contributed by atoms with van der Waals surface area (Å²) < 4.78 is 0. The van der Waals surface area contributed by atoms with Gasteiger partial charge in [0.1, 0.15) is 0 Å². The second-order valence-corrected chi connectivity index (χ2v) is 6.40. The van der Waals surface area contributed by atoms with Crippen LogP contribution < -0.4 is 4.90 Å². The van der Waals surface area contributed by atoms with Crippen LogP contribution in [0.4, 0.5) is 5.13 Å². The highest BCUT2D eigenvalue weighted by atomic mass is 32.2. The molecule has 3 nitrogen and oxygen atoms in total. The van der Waals surface area contributed by atoms with Crippen LogP contribution in [0.15, 0.2) is 0 Å². The van der Waals surface area contributed by atoms with Crippen LogP contribution in [0.3, 0.4) is 0 Å². The fraction of sp³-hybridized carbons (Fsp3) is 0.727. The predicted octanol–water partition coefficient (Wildman–Crippen LogP) is 2.45. The SMILES string of the molecule is Cc1nc(N2CCSCC2C)sc1C(C)O. The molecule has 2 heterocycles. The van der Waals surface area contributed by atoms with Gasteiger partial charge in [0.2, 0.25) is 0 Å². The molecular formula is C11H18N2OS2. The molecule has 0 aliphatic carbocycles. The van der Waals surface area contributed by atoms with Crippen LogP contribution in [0.25, 0.3) is 0 Å². The van der Waals surface area contributed by atoms with Crippen LogP contribution in [0.2, 0.25) is 0 Å². The quantitative estimate of drug-likeness (QED) is 0.884. The van der Waals surface area contributed by atoms with Crippen LogP contribution in [0.5, 0.6) is 0 Å². The van der Waals surface area contributed by atoms with Gasteiger partial charge in [-0.3, -0.25) is 0 Å². The van der Waals surface area contributed by atoms with Gasteiger partial charge in [-0.25, -0.2) is 4.98 Å². The number of aromatic nitrogens is 1. The Morgan fingerprint density at radius 2 is 2.31 bits per heavy atom. The third-order valence-electron chi connectivity index (χ3n) is 2.81. The summed E-state index contributed by atoms with van der Waals surface area (Å²) in [6.07, 6.45) is -0.402. The van der Waals surface area contributed by atoms with Crippen molar-refractivity contribution in [1.82, 2.24) is 4.98 Å². The average molecular weight is 258 g/mol. The number of hydrogen-bond acceptors (Lipinski definition) is 5. The van der Waals surface area contributed by atoms with Crippen molar-refractivity contribution in [3.63, 3.8) is 0 Å². The van der Waals surface area contributed by atoms with E-state index in [0.717, 1.165) is 22.2 Å². The minimum Gasteiger partial charge on any atom is -0.388 e. The van der Waals surface area contributed by atoms with Gasteiger partial charge in [0.25, 0.3) is 0 Å². The van der Waals surface area contributed by atoms with E-state index in [2.05, 4.69) is 16.8 Å². The van der Waals surface area contributed by atoms with E-state index in [1.807, 2.05) is 18.7 Å². The van der Waals surface area contributed by atoms with E-state index in [1.54, 1.807) is 18.3 Å². The molecule has 2 atom stereocenters. The molecule has 1 saturated heterocycles. The maximum atomic E-state index is 9.63. The molecule has 0 saturated carbocycles. The lowest BCUT2D eigenvalue weighted by Crippen LogP contribution is -2.40. The summed E-state index contributed by atoms with van der Waals surface area (Å²) in [7, 11) is 0. The Bertz CT molecular complexity index is 365. The fourth-order valence-electron chi connectivity index (χ4n) is 1.92. The van der Waals surface area contributed by atoms with Gasteiger partial charge in [-0.05, 0) is 20.8 Å². The van der Waals surface area contributed by atoms with Gasteiger partial charge in [0.15, 0.2) is 5.13 Å². The maximum absolute atomic E-state index is 9.63. The summed E-state index contributed by atoms with van der Waals surface area (Å²) in [6, 6.07) is 0.547. The Kier molecular flexibility index (Phi) is 3.77. The largest absolute Gasteiger partial charge is 0.388 e. The Morgan fingerprint density at radius 3 is 2.88 bits per heavy atom. The number of thioether (sulfide) groups is 1. The number of aliphatic hydroxyl groups is 1. The Balaban J connectivity index is 2.23. The lowest BCUT2D eigenvalue weighted by atomic mass is 10.3. The van der Waals surface area contributed by atoms with E-state index >= 15 is 0 Å². The molecule has 0 aromatic carbocycles. The lowest BCUT2D eigenvalue weighted by Gasteiger charge is -2.32. The summed E-state index contributed by atoms with van der Waals surface area (Å²) in [4.78, 5) is 7.94. The zero-order valence-electron chi connectivity index (χ0n) is 9.93. The van der Waals surface area contributed by atoms with E-state index in [4.69, 9.17) is 0 Å². The van der Waals surface area contributed by atoms with Gasteiger partial charge < -0.3 is 10.0 Å². The highest BCUT2D eigenvalue weighted by molar-refractivity contribution is 7.99. The molecule has 0 spiro atoms. The molecule has 1 N–H and O–H groups in total. The first-order chi connectivity index (χ1) is 7.59. The minimum atomic E-state index is -0.402. The standard InChI is InChI=1S/C11H18N2OS2/c1-7-6-15-5-4-13(7)11-12-8(2)10(16-11)9(3)14/h7,9,14H,4-6H2,1-3H3. The first-order valence-electron chi connectivity index (χ1n) is 5.59. The van der Waals surface area contributed by atoms with Crippen LogP contribution >= 0.6 is 23.1 Å². The van der Waals surface area contributed by atoms with E-state index in [0.29, 0.717) is 6.04 Å². The van der Waals surface area contributed by atoms with Crippen LogP contribution in [-0.4, -0.2) is 34.2 Å². The van der Waals surface area contributed by atoms with Gasteiger partial charge in [-0.15, -0.1) is 0 Å². The van der Waals surface area contributed by atoms with Crippen LogP contribution in [-0.2, 0) is 0 Å². The van der Waals surface area contributed by atoms with E-state index in [1.165, 1.54) is 11.5 Å². The van der Waals surface area contributed by atoms with Crippen molar-refractivity contribution in [3.05, 3.63) is 10.6 Å². The molecular weight excluding hydrogens is 240 g/mol. The zero-order chi connectivity index (χ0) is 11.7. The second-order valence-electron chi connectivity index (χ2n) is 4.24. The molecule has 1 aromatic rings. The Labute approximate surface area is 105 Å². The molecule has 5 heteroatoms. The predicted molar refractivity (Wildman–Crippen MR) is 71.6 cm³/mol. The van der Waals surface area contributed by atoms with E-state index < -0.39 is 6.10 Å². The van der Waals surface area contributed by atoms with Crippen molar-refractivity contribution >= 4 is 28.2 Å². The van der Waals surface area contributed by atoms with E-state index in [-0.39, 0.29) is 0 Å². The van der Waals surface area contributed by atoms with Gasteiger partial charge in [0, 0.05) is 24.1 Å². The number of aryl methyl sites for hydroxylation is 1. The number of hydrogen-bond donors (Lipinski definition) is 1. The minimum absolute atomic E-state index is 0.402. The Hall–Kier alpha value is -0.260. The average Bonchev–Trinajstić information content (AvgIpc) is 2.61. The number of anilines is 1. The van der Waals surface area contributed by atoms with Crippen LogP contribution in [0, 0.1) is 6.92 Å². The normalized spacial score (nSPS) is 23.5. The highest BCUT2D eigenvalue weighted by Crippen LogP contribution is 2.33. The lowest BCUT2D eigenvalue weighted by molar-refractivity contribution is 0.202. The zero-order valence-corrected chi connectivity index (χ0v) is 11.6. The molecule has 1 aliphatic rings. The number of aliphatic hydroxyl groups excluding tert-OH is 1. The molecule has 1 aliphatic heterocycles. The molecule has 1 fully saturated rings.